The minimum atomic E-state index is -0.604. The second kappa shape index (κ2) is 7.74. The molecule has 0 aliphatic carbocycles. The van der Waals surface area contributed by atoms with Gasteiger partial charge < -0.3 is 5.32 Å². The molecule has 0 radical (unpaired) electrons. The van der Waals surface area contributed by atoms with Crippen LogP contribution in [0.1, 0.15) is 33.1 Å². The first-order valence-corrected chi connectivity index (χ1v) is 6.43. The van der Waals surface area contributed by atoms with Crippen LogP contribution in [0.5, 0.6) is 0 Å². The van der Waals surface area contributed by atoms with Gasteiger partial charge in [0, 0.05) is 28.9 Å². The lowest BCUT2D eigenvalue weighted by atomic mass is 10.1. The third kappa shape index (κ3) is 8.21. The average Bonchev–Trinajstić information content (AvgIpc) is 1.98. The molecule has 0 heterocycles. The van der Waals surface area contributed by atoms with E-state index in [0.717, 1.165) is 18.7 Å². The van der Waals surface area contributed by atoms with E-state index in [4.69, 9.17) is 0 Å². The van der Waals surface area contributed by atoms with Gasteiger partial charge in [0.25, 0.3) is 0 Å². The van der Waals surface area contributed by atoms with Crippen molar-refractivity contribution in [1.29, 1.82) is 0 Å². The summed E-state index contributed by atoms with van der Waals surface area (Å²) >= 11 is 0. The maximum Gasteiger partial charge on any atom is 0.0232 e. The van der Waals surface area contributed by atoms with Crippen LogP contribution in [-0.2, 0) is 10.8 Å². The smallest absolute Gasteiger partial charge is 0.0232 e. The van der Waals surface area contributed by atoms with E-state index in [1.807, 2.05) is 0 Å². The van der Waals surface area contributed by atoms with Crippen LogP contribution in [0.4, 0.5) is 0 Å². The lowest BCUT2D eigenvalue weighted by Gasteiger charge is -2.10. The van der Waals surface area contributed by atoms with Gasteiger partial charge >= 0.3 is 0 Å². The van der Waals surface area contributed by atoms with Gasteiger partial charge in [0.1, 0.15) is 0 Å². The molecule has 0 aromatic rings. The highest BCUT2D eigenvalue weighted by Gasteiger charge is 1.99. The van der Waals surface area contributed by atoms with Gasteiger partial charge in [-0.2, -0.15) is 0 Å². The van der Waals surface area contributed by atoms with E-state index in [9.17, 15) is 4.21 Å². The fraction of sp³-hybridized carbons (Fsp3) is 1.00. The second-order valence-corrected chi connectivity index (χ2v) is 4.79. The van der Waals surface area contributed by atoms with E-state index in [-0.39, 0.29) is 0 Å². The molecule has 2 atom stereocenters. The first kappa shape index (κ1) is 12.1. The number of rotatable bonds is 7. The molecule has 1 N–H and O–H groups in total. The van der Waals surface area contributed by atoms with E-state index < -0.39 is 10.8 Å². The van der Waals surface area contributed by atoms with Gasteiger partial charge in [0.15, 0.2) is 0 Å². The van der Waals surface area contributed by atoms with Crippen molar-refractivity contribution in [2.24, 2.45) is 0 Å². The molecule has 0 aliphatic heterocycles. The summed E-state index contributed by atoms with van der Waals surface area (Å²) in [5.74, 6) is 0.860. The molecule has 2 unspecified atom stereocenters. The van der Waals surface area contributed by atoms with Crippen molar-refractivity contribution in [3.8, 4) is 0 Å². The Bertz CT molecular complexity index is 128. The molecular weight excluding hydrogens is 170 g/mol. The standard InChI is InChI=1S/C9H21NOS/c1-4-10-9(2)7-5-6-8-12(3)11/h9-10H,4-8H2,1-3H3. The first-order valence-electron chi connectivity index (χ1n) is 4.70. The Morgan fingerprint density at radius 1 is 1.42 bits per heavy atom. The molecule has 0 amide bonds. The van der Waals surface area contributed by atoms with Crippen molar-refractivity contribution in [3.05, 3.63) is 0 Å². The summed E-state index contributed by atoms with van der Waals surface area (Å²) in [6.45, 7) is 5.37. The Morgan fingerprint density at radius 2 is 2.08 bits per heavy atom. The van der Waals surface area contributed by atoms with Crippen LogP contribution in [0.15, 0.2) is 0 Å². The molecule has 0 aromatic carbocycles. The van der Waals surface area contributed by atoms with E-state index in [1.165, 1.54) is 12.8 Å². The minimum absolute atomic E-state index is 0.604. The van der Waals surface area contributed by atoms with E-state index in [0.29, 0.717) is 6.04 Å². The van der Waals surface area contributed by atoms with Crippen LogP contribution in [0, 0.1) is 0 Å². The summed E-state index contributed by atoms with van der Waals surface area (Å²) in [6, 6.07) is 0.611. The lowest BCUT2D eigenvalue weighted by molar-refractivity contribution is 0.509. The van der Waals surface area contributed by atoms with Gasteiger partial charge in [0.2, 0.25) is 0 Å². The number of hydrogen-bond donors (Lipinski definition) is 1. The molecule has 0 aliphatic rings. The number of hydrogen-bond acceptors (Lipinski definition) is 2. The maximum absolute atomic E-state index is 10.7. The molecule has 0 aromatic heterocycles. The van der Waals surface area contributed by atoms with Crippen LogP contribution in [-0.4, -0.2) is 28.8 Å². The zero-order valence-corrected chi connectivity index (χ0v) is 9.25. The SMILES string of the molecule is CCNC(C)CCCCS(C)=O. The Kier molecular flexibility index (Phi) is 7.81. The highest BCUT2D eigenvalue weighted by atomic mass is 32.2. The lowest BCUT2D eigenvalue weighted by Crippen LogP contribution is -2.25. The van der Waals surface area contributed by atoms with Gasteiger partial charge in [-0.25, -0.2) is 0 Å². The van der Waals surface area contributed by atoms with Crippen molar-refractivity contribution >= 4 is 10.8 Å². The summed E-state index contributed by atoms with van der Waals surface area (Å²) in [7, 11) is -0.604. The normalized spacial score (nSPS) is 15.9. The van der Waals surface area contributed by atoms with Crippen LogP contribution in [0.25, 0.3) is 0 Å². The first-order chi connectivity index (χ1) is 5.66. The molecule has 12 heavy (non-hydrogen) atoms. The Morgan fingerprint density at radius 3 is 2.58 bits per heavy atom. The Hall–Kier alpha value is 0.110. The van der Waals surface area contributed by atoms with Gasteiger partial charge in [0.05, 0.1) is 0 Å². The van der Waals surface area contributed by atoms with Crippen LogP contribution in [0.3, 0.4) is 0 Å². The molecule has 0 saturated heterocycles. The Labute approximate surface area is 78.6 Å². The summed E-state index contributed by atoms with van der Waals surface area (Å²) in [6.07, 6.45) is 5.26. The number of nitrogens with one attached hydrogen (secondary N) is 1. The maximum atomic E-state index is 10.7. The van der Waals surface area contributed by atoms with Crippen LogP contribution in [0.2, 0.25) is 0 Å². The molecule has 0 rings (SSSR count). The third-order valence-electron chi connectivity index (χ3n) is 1.87. The summed E-state index contributed by atoms with van der Waals surface area (Å²) in [4.78, 5) is 0. The summed E-state index contributed by atoms with van der Waals surface area (Å²) in [5.41, 5.74) is 0. The molecular formula is C9H21NOS. The quantitative estimate of drug-likeness (QED) is 0.618. The van der Waals surface area contributed by atoms with E-state index in [2.05, 4.69) is 19.2 Å². The molecule has 2 nitrogen and oxygen atoms in total. The number of unbranched alkanes of at least 4 members (excludes halogenated alkanes) is 1. The predicted octanol–water partition coefficient (Wildman–Crippen LogP) is 1.53. The van der Waals surface area contributed by atoms with Gasteiger partial charge in [-0.1, -0.05) is 13.3 Å². The topological polar surface area (TPSA) is 29.1 Å². The third-order valence-corrected chi connectivity index (χ3v) is 2.74. The minimum Gasteiger partial charge on any atom is -0.315 e. The van der Waals surface area contributed by atoms with Crippen molar-refractivity contribution in [2.75, 3.05) is 18.6 Å². The van der Waals surface area contributed by atoms with Crippen molar-refractivity contribution in [2.45, 2.75) is 39.2 Å². The zero-order valence-electron chi connectivity index (χ0n) is 8.43. The van der Waals surface area contributed by atoms with Gasteiger partial charge in [-0.05, 0) is 26.3 Å². The fourth-order valence-electron chi connectivity index (χ4n) is 1.21. The molecule has 0 bridgehead atoms. The highest BCUT2D eigenvalue weighted by molar-refractivity contribution is 7.84. The average molecular weight is 191 g/mol. The molecule has 3 heteroatoms. The van der Waals surface area contributed by atoms with Crippen molar-refractivity contribution < 1.29 is 4.21 Å². The predicted molar refractivity (Wildman–Crippen MR) is 55.9 cm³/mol. The van der Waals surface area contributed by atoms with Crippen LogP contribution < -0.4 is 5.32 Å². The fourth-order valence-corrected chi connectivity index (χ4v) is 1.82. The molecule has 0 spiro atoms. The van der Waals surface area contributed by atoms with Crippen molar-refractivity contribution in [1.82, 2.24) is 5.32 Å². The second-order valence-electron chi connectivity index (χ2n) is 3.23. The summed E-state index contributed by atoms with van der Waals surface area (Å²) in [5, 5.41) is 3.36. The Balaban J connectivity index is 3.13. The van der Waals surface area contributed by atoms with E-state index >= 15 is 0 Å². The largest absolute Gasteiger partial charge is 0.315 e. The highest BCUT2D eigenvalue weighted by Crippen LogP contribution is 2.00. The molecule has 0 fully saturated rings. The van der Waals surface area contributed by atoms with Gasteiger partial charge in [-0.3, -0.25) is 4.21 Å². The molecule has 0 saturated carbocycles. The molecule has 74 valence electrons. The van der Waals surface area contributed by atoms with E-state index in [1.54, 1.807) is 6.26 Å². The summed E-state index contributed by atoms with van der Waals surface area (Å²) < 4.78 is 10.7. The van der Waals surface area contributed by atoms with Gasteiger partial charge in [-0.15, -0.1) is 0 Å². The van der Waals surface area contributed by atoms with Crippen molar-refractivity contribution in [3.63, 3.8) is 0 Å². The zero-order chi connectivity index (χ0) is 9.40. The van der Waals surface area contributed by atoms with Crippen LogP contribution >= 0.6 is 0 Å². The monoisotopic (exact) mass is 191 g/mol.